The van der Waals surface area contributed by atoms with Crippen LogP contribution in [0.5, 0.6) is 0 Å². The van der Waals surface area contributed by atoms with Gasteiger partial charge in [-0.25, -0.2) is 0 Å². The molecule has 0 aromatic heterocycles. The van der Waals surface area contributed by atoms with Crippen LogP contribution in [0.2, 0.25) is 0 Å². The fourth-order valence-electron chi connectivity index (χ4n) is 0.646. The van der Waals surface area contributed by atoms with E-state index in [1.807, 2.05) is 6.92 Å². The molecule has 0 rings (SSSR count). The van der Waals surface area contributed by atoms with Gasteiger partial charge in [0.1, 0.15) is 6.04 Å². The maximum absolute atomic E-state index is 10.2. The van der Waals surface area contributed by atoms with Crippen LogP contribution in [0.3, 0.4) is 0 Å². The van der Waals surface area contributed by atoms with Gasteiger partial charge in [0, 0.05) is 6.61 Å². The number of carboxylic acid groups (broad SMARTS) is 1. The van der Waals surface area contributed by atoms with Crippen LogP contribution in [0.25, 0.3) is 0 Å². The first-order valence-electron chi connectivity index (χ1n) is 4.32. The van der Waals surface area contributed by atoms with Gasteiger partial charge in [-0.1, -0.05) is 6.92 Å². The van der Waals surface area contributed by atoms with Crippen LogP contribution in [0.1, 0.15) is 13.3 Å². The summed E-state index contributed by atoms with van der Waals surface area (Å²) in [6, 6.07) is -0.939. The van der Waals surface area contributed by atoms with Crippen molar-refractivity contribution in [3.8, 4) is 0 Å². The number of aliphatic carboxylic acids is 1. The molecule has 1 atom stereocenters. The summed E-state index contributed by atoms with van der Waals surface area (Å²) >= 11 is 0. The Bertz CT molecular complexity index is 140. The van der Waals surface area contributed by atoms with Crippen molar-refractivity contribution in [2.75, 3.05) is 26.4 Å². The number of nitrogens with two attached hydrogens (primary N) is 1. The third-order valence-electron chi connectivity index (χ3n) is 1.34. The number of ether oxygens (including phenoxy) is 2. The first-order valence-corrected chi connectivity index (χ1v) is 4.32. The Balaban J connectivity index is 3.11. The number of carboxylic acids is 1. The lowest BCUT2D eigenvalue weighted by Gasteiger charge is -2.07. The Hall–Kier alpha value is -0.650. The predicted octanol–water partition coefficient (Wildman–Crippen LogP) is -0.158. The number of hydrogen-bond acceptors (Lipinski definition) is 4. The Morgan fingerprint density at radius 3 is 2.54 bits per heavy atom. The molecule has 0 saturated heterocycles. The summed E-state index contributed by atoms with van der Waals surface area (Å²) < 4.78 is 10.1. The summed E-state index contributed by atoms with van der Waals surface area (Å²) in [5.74, 6) is -1.05. The van der Waals surface area contributed by atoms with E-state index in [-0.39, 0.29) is 6.61 Å². The zero-order valence-corrected chi connectivity index (χ0v) is 7.86. The molecule has 13 heavy (non-hydrogen) atoms. The van der Waals surface area contributed by atoms with Crippen LogP contribution in [-0.2, 0) is 14.3 Å². The lowest BCUT2D eigenvalue weighted by atomic mass is 10.3. The lowest BCUT2D eigenvalue weighted by Crippen LogP contribution is -2.35. The van der Waals surface area contributed by atoms with E-state index in [9.17, 15) is 4.79 Å². The maximum Gasteiger partial charge on any atom is 0.322 e. The molecule has 3 N–H and O–H groups in total. The van der Waals surface area contributed by atoms with Crippen molar-refractivity contribution in [1.82, 2.24) is 0 Å². The minimum atomic E-state index is -1.05. The summed E-state index contributed by atoms with van der Waals surface area (Å²) in [5.41, 5.74) is 5.19. The van der Waals surface area contributed by atoms with Crippen molar-refractivity contribution in [3.63, 3.8) is 0 Å². The highest BCUT2D eigenvalue weighted by Gasteiger charge is 2.10. The normalized spacial score (nSPS) is 12.8. The van der Waals surface area contributed by atoms with E-state index in [1.165, 1.54) is 0 Å². The molecule has 0 heterocycles. The SMILES string of the molecule is CCCOCCOCC(N)C(=O)O. The van der Waals surface area contributed by atoms with Crippen LogP contribution >= 0.6 is 0 Å². The van der Waals surface area contributed by atoms with Gasteiger partial charge in [-0.15, -0.1) is 0 Å². The molecule has 1 unspecified atom stereocenters. The topological polar surface area (TPSA) is 81.8 Å². The van der Waals surface area contributed by atoms with Crippen molar-refractivity contribution in [3.05, 3.63) is 0 Å². The Morgan fingerprint density at radius 2 is 2.00 bits per heavy atom. The highest BCUT2D eigenvalue weighted by molar-refractivity contribution is 5.73. The molecule has 0 saturated carbocycles. The van der Waals surface area contributed by atoms with Gasteiger partial charge in [-0.05, 0) is 6.42 Å². The van der Waals surface area contributed by atoms with Crippen molar-refractivity contribution in [1.29, 1.82) is 0 Å². The molecule has 0 amide bonds. The average molecular weight is 191 g/mol. The average Bonchev–Trinajstić information content (AvgIpc) is 2.10. The monoisotopic (exact) mass is 191 g/mol. The Morgan fingerprint density at radius 1 is 1.38 bits per heavy atom. The number of rotatable bonds is 8. The Kier molecular flexibility index (Phi) is 7.57. The van der Waals surface area contributed by atoms with Crippen LogP contribution in [0.15, 0.2) is 0 Å². The summed E-state index contributed by atoms with van der Waals surface area (Å²) in [4.78, 5) is 10.2. The molecule has 0 aliphatic rings. The molecule has 78 valence electrons. The molecular formula is C8H17NO4. The minimum Gasteiger partial charge on any atom is -0.480 e. The summed E-state index contributed by atoms with van der Waals surface area (Å²) in [6.07, 6.45) is 0.967. The second-order valence-corrected chi connectivity index (χ2v) is 2.63. The minimum absolute atomic E-state index is 0.0326. The van der Waals surface area contributed by atoms with Crippen molar-refractivity contribution in [2.24, 2.45) is 5.73 Å². The van der Waals surface area contributed by atoms with Crippen LogP contribution < -0.4 is 5.73 Å². The molecule has 0 aromatic rings. The van der Waals surface area contributed by atoms with Crippen molar-refractivity contribution in [2.45, 2.75) is 19.4 Å². The smallest absolute Gasteiger partial charge is 0.322 e. The van der Waals surface area contributed by atoms with Gasteiger partial charge in [0.25, 0.3) is 0 Å². The molecule has 0 aromatic carbocycles. The highest BCUT2D eigenvalue weighted by Crippen LogP contribution is 1.84. The van der Waals surface area contributed by atoms with E-state index in [1.54, 1.807) is 0 Å². The largest absolute Gasteiger partial charge is 0.480 e. The molecule has 0 aliphatic heterocycles. The molecule has 0 radical (unpaired) electrons. The molecular weight excluding hydrogens is 174 g/mol. The molecule has 5 nitrogen and oxygen atoms in total. The van der Waals surface area contributed by atoms with E-state index in [0.29, 0.717) is 19.8 Å². The van der Waals surface area contributed by atoms with Gasteiger partial charge in [-0.3, -0.25) is 4.79 Å². The molecule has 0 aliphatic carbocycles. The second kappa shape index (κ2) is 7.97. The Labute approximate surface area is 77.8 Å². The molecule has 0 fully saturated rings. The van der Waals surface area contributed by atoms with Crippen LogP contribution in [0.4, 0.5) is 0 Å². The zero-order valence-electron chi connectivity index (χ0n) is 7.86. The maximum atomic E-state index is 10.2. The standard InChI is InChI=1S/C8H17NO4/c1-2-3-12-4-5-13-6-7(9)8(10)11/h7H,2-6,9H2,1H3,(H,10,11). The number of carbonyl (C=O) groups is 1. The summed E-state index contributed by atoms with van der Waals surface area (Å²) in [5, 5.41) is 8.39. The van der Waals surface area contributed by atoms with Crippen LogP contribution in [0, 0.1) is 0 Å². The highest BCUT2D eigenvalue weighted by atomic mass is 16.5. The first-order chi connectivity index (χ1) is 6.18. The summed E-state index contributed by atoms with van der Waals surface area (Å²) in [6.45, 7) is 3.63. The second-order valence-electron chi connectivity index (χ2n) is 2.63. The van der Waals surface area contributed by atoms with Gasteiger partial charge in [0.15, 0.2) is 0 Å². The van der Waals surface area contributed by atoms with Crippen molar-refractivity contribution >= 4 is 5.97 Å². The summed E-state index contributed by atoms with van der Waals surface area (Å²) in [7, 11) is 0. The first kappa shape index (κ1) is 12.3. The zero-order chi connectivity index (χ0) is 10.1. The van der Waals surface area contributed by atoms with Gasteiger partial charge in [0.2, 0.25) is 0 Å². The van der Waals surface area contributed by atoms with Crippen molar-refractivity contribution < 1.29 is 19.4 Å². The van der Waals surface area contributed by atoms with Gasteiger partial charge < -0.3 is 20.3 Å². The van der Waals surface area contributed by atoms with E-state index in [0.717, 1.165) is 6.42 Å². The number of hydrogen-bond donors (Lipinski definition) is 2. The van der Waals surface area contributed by atoms with E-state index >= 15 is 0 Å². The molecule has 0 bridgehead atoms. The van der Waals surface area contributed by atoms with Crippen LogP contribution in [-0.4, -0.2) is 43.5 Å². The van der Waals surface area contributed by atoms with E-state index in [4.69, 9.17) is 20.3 Å². The molecule has 5 heteroatoms. The fourth-order valence-corrected chi connectivity index (χ4v) is 0.646. The fraction of sp³-hybridized carbons (Fsp3) is 0.875. The van der Waals surface area contributed by atoms with E-state index in [2.05, 4.69) is 0 Å². The third kappa shape index (κ3) is 7.70. The predicted molar refractivity (Wildman–Crippen MR) is 47.5 cm³/mol. The third-order valence-corrected chi connectivity index (χ3v) is 1.34. The van der Waals surface area contributed by atoms with Gasteiger partial charge >= 0.3 is 5.97 Å². The van der Waals surface area contributed by atoms with E-state index < -0.39 is 12.0 Å². The van der Waals surface area contributed by atoms with Gasteiger partial charge in [0.05, 0.1) is 19.8 Å². The molecule has 0 spiro atoms. The van der Waals surface area contributed by atoms with Gasteiger partial charge in [-0.2, -0.15) is 0 Å². The lowest BCUT2D eigenvalue weighted by molar-refractivity contribution is -0.140. The quantitative estimate of drug-likeness (QED) is 0.521.